The number of hydrogen-bond donors (Lipinski definition) is 1. The van der Waals surface area contributed by atoms with E-state index in [0.717, 1.165) is 12.0 Å². The van der Waals surface area contributed by atoms with Crippen molar-refractivity contribution in [3.63, 3.8) is 0 Å². The first-order chi connectivity index (χ1) is 7.48. The Balaban J connectivity index is 2.73. The van der Waals surface area contributed by atoms with Crippen molar-refractivity contribution < 1.29 is 9.13 Å². The van der Waals surface area contributed by atoms with Gasteiger partial charge in [-0.25, -0.2) is 4.39 Å². The monoisotopic (exact) mass is 225 g/mol. The standard InChI is InChI=1S/C13H20FNO/c1-4-13(2,3)16-9-11-7-10(8-15)5-6-12(11)14/h5-7H,4,8-9,15H2,1-3H3. The third-order valence-electron chi connectivity index (χ3n) is 2.82. The van der Waals surface area contributed by atoms with Crippen LogP contribution in [-0.2, 0) is 17.9 Å². The fourth-order valence-electron chi connectivity index (χ4n) is 1.24. The minimum absolute atomic E-state index is 0.217. The molecule has 0 fully saturated rings. The highest BCUT2D eigenvalue weighted by Crippen LogP contribution is 2.18. The van der Waals surface area contributed by atoms with E-state index in [1.165, 1.54) is 6.07 Å². The van der Waals surface area contributed by atoms with E-state index in [-0.39, 0.29) is 11.4 Å². The van der Waals surface area contributed by atoms with Gasteiger partial charge in [-0.2, -0.15) is 0 Å². The first-order valence-corrected chi connectivity index (χ1v) is 5.60. The number of benzene rings is 1. The quantitative estimate of drug-likeness (QED) is 0.836. The van der Waals surface area contributed by atoms with E-state index in [4.69, 9.17) is 10.5 Å². The van der Waals surface area contributed by atoms with Crippen LogP contribution in [0.4, 0.5) is 4.39 Å². The molecule has 0 amide bonds. The lowest BCUT2D eigenvalue weighted by molar-refractivity contribution is -0.0326. The normalized spacial score (nSPS) is 11.8. The minimum Gasteiger partial charge on any atom is -0.371 e. The maximum atomic E-state index is 13.5. The minimum atomic E-state index is -0.232. The predicted molar refractivity (Wildman–Crippen MR) is 63.5 cm³/mol. The van der Waals surface area contributed by atoms with Gasteiger partial charge in [-0.05, 0) is 38.0 Å². The summed E-state index contributed by atoms with van der Waals surface area (Å²) in [6.07, 6.45) is 0.894. The van der Waals surface area contributed by atoms with Crippen LogP contribution in [0, 0.1) is 5.82 Å². The van der Waals surface area contributed by atoms with Gasteiger partial charge in [0.05, 0.1) is 12.2 Å². The molecule has 1 rings (SSSR count). The largest absolute Gasteiger partial charge is 0.371 e. The highest BCUT2D eigenvalue weighted by atomic mass is 19.1. The summed E-state index contributed by atoms with van der Waals surface area (Å²) in [6, 6.07) is 4.91. The molecule has 0 atom stereocenters. The Kier molecular flexibility index (Phi) is 4.44. The van der Waals surface area contributed by atoms with Crippen molar-refractivity contribution in [2.45, 2.75) is 45.9 Å². The van der Waals surface area contributed by atoms with Gasteiger partial charge in [0.1, 0.15) is 5.82 Å². The van der Waals surface area contributed by atoms with Crippen LogP contribution < -0.4 is 5.73 Å². The van der Waals surface area contributed by atoms with E-state index >= 15 is 0 Å². The molecular weight excluding hydrogens is 205 g/mol. The number of ether oxygens (including phenoxy) is 1. The summed E-state index contributed by atoms with van der Waals surface area (Å²) >= 11 is 0. The Hall–Kier alpha value is -0.930. The molecular formula is C13H20FNO. The Bertz CT molecular complexity index is 350. The van der Waals surface area contributed by atoms with Crippen LogP contribution in [0.3, 0.4) is 0 Å². The Morgan fingerprint density at radius 3 is 2.62 bits per heavy atom. The van der Waals surface area contributed by atoms with Crippen LogP contribution in [0.15, 0.2) is 18.2 Å². The summed E-state index contributed by atoms with van der Waals surface area (Å²) in [6.45, 7) is 6.76. The molecule has 1 aromatic rings. The Morgan fingerprint density at radius 2 is 2.06 bits per heavy atom. The maximum absolute atomic E-state index is 13.5. The van der Waals surface area contributed by atoms with Gasteiger partial charge >= 0.3 is 0 Å². The van der Waals surface area contributed by atoms with Gasteiger partial charge in [-0.3, -0.25) is 0 Å². The molecule has 0 aliphatic rings. The molecule has 3 heteroatoms. The SMILES string of the molecule is CCC(C)(C)OCc1cc(CN)ccc1F. The smallest absolute Gasteiger partial charge is 0.128 e. The van der Waals surface area contributed by atoms with Gasteiger partial charge < -0.3 is 10.5 Å². The van der Waals surface area contributed by atoms with Crippen molar-refractivity contribution in [1.29, 1.82) is 0 Å². The van der Waals surface area contributed by atoms with E-state index < -0.39 is 0 Å². The molecule has 2 N–H and O–H groups in total. The summed E-state index contributed by atoms with van der Waals surface area (Å²) in [5, 5.41) is 0. The molecule has 0 unspecified atom stereocenters. The van der Waals surface area contributed by atoms with Gasteiger partial charge in [0.15, 0.2) is 0 Å². The molecule has 0 heterocycles. The van der Waals surface area contributed by atoms with Gasteiger partial charge in [0.2, 0.25) is 0 Å². The first-order valence-electron chi connectivity index (χ1n) is 5.60. The van der Waals surface area contributed by atoms with Crippen molar-refractivity contribution in [2.24, 2.45) is 5.73 Å². The lowest BCUT2D eigenvalue weighted by atomic mass is 10.1. The van der Waals surface area contributed by atoms with Gasteiger partial charge in [0, 0.05) is 12.1 Å². The summed E-state index contributed by atoms with van der Waals surface area (Å²) in [7, 11) is 0. The lowest BCUT2D eigenvalue weighted by Gasteiger charge is -2.23. The number of rotatable bonds is 5. The molecule has 0 aromatic heterocycles. The van der Waals surface area contributed by atoms with Crippen LogP contribution in [0.2, 0.25) is 0 Å². The third kappa shape index (κ3) is 3.58. The van der Waals surface area contributed by atoms with Crippen molar-refractivity contribution in [2.75, 3.05) is 0 Å². The van der Waals surface area contributed by atoms with Gasteiger partial charge in [0.25, 0.3) is 0 Å². The second kappa shape index (κ2) is 5.41. The first kappa shape index (κ1) is 13.1. The molecule has 90 valence electrons. The Morgan fingerprint density at radius 1 is 1.38 bits per heavy atom. The third-order valence-corrected chi connectivity index (χ3v) is 2.82. The topological polar surface area (TPSA) is 35.2 Å². The highest BCUT2D eigenvalue weighted by Gasteiger charge is 2.16. The summed E-state index contributed by atoms with van der Waals surface area (Å²) in [5.74, 6) is -0.232. The molecule has 0 aliphatic carbocycles. The van der Waals surface area contributed by atoms with E-state index in [1.807, 2.05) is 20.8 Å². The summed E-state index contributed by atoms with van der Waals surface area (Å²) in [5.41, 5.74) is 6.80. The van der Waals surface area contributed by atoms with Crippen LogP contribution in [0.1, 0.15) is 38.3 Å². The molecule has 16 heavy (non-hydrogen) atoms. The maximum Gasteiger partial charge on any atom is 0.128 e. The molecule has 1 aromatic carbocycles. The lowest BCUT2D eigenvalue weighted by Crippen LogP contribution is -2.23. The second-order valence-corrected chi connectivity index (χ2v) is 4.53. The average Bonchev–Trinajstić information content (AvgIpc) is 2.28. The number of hydrogen-bond acceptors (Lipinski definition) is 2. The zero-order valence-corrected chi connectivity index (χ0v) is 10.2. The predicted octanol–water partition coefficient (Wildman–Crippen LogP) is 2.99. The van der Waals surface area contributed by atoms with Crippen molar-refractivity contribution in [1.82, 2.24) is 0 Å². The molecule has 0 bridgehead atoms. The highest BCUT2D eigenvalue weighted by molar-refractivity contribution is 5.24. The Labute approximate surface area is 96.6 Å². The van der Waals surface area contributed by atoms with E-state index in [9.17, 15) is 4.39 Å². The average molecular weight is 225 g/mol. The van der Waals surface area contributed by atoms with Crippen LogP contribution in [0.25, 0.3) is 0 Å². The molecule has 2 nitrogen and oxygen atoms in total. The van der Waals surface area contributed by atoms with Crippen LogP contribution >= 0.6 is 0 Å². The molecule has 0 saturated heterocycles. The second-order valence-electron chi connectivity index (χ2n) is 4.53. The fraction of sp³-hybridized carbons (Fsp3) is 0.538. The zero-order valence-electron chi connectivity index (χ0n) is 10.2. The molecule has 0 saturated carbocycles. The number of nitrogens with two attached hydrogens (primary N) is 1. The van der Waals surface area contributed by atoms with Crippen LogP contribution in [-0.4, -0.2) is 5.60 Å². The zero-order chi connectivity index (χ0) is 12.2. The van der Waals surface area contributed by atoms with E-state index in [1.54, 1.807) is 12.1 Å². The molecule has 0 spiro atoms. The van der Waals surface area contributed by atoms with Crippen molar-refractivity contribution in [3.05, 3.63) is 35.1 Å². The number of halogens is 1. The van der Waals surface area contributed by atoms with Gasteiger partial charge in [-0.1, -0.05) is 13.0 Å². The van der Waals surface area contributed by atoms with Crippen molar-refractivity contribution >= 4 is 0 Å². The molecule has 0 radical (unpaired) electrons. The van der Waals surface area contributed by atoms with E-state index in [0.29, 0.717) is 18.7 Å². The van der Waals surface area contributed by atoms with Crippen molar-refractivity contribution in [3.8, 4) is 0 Å². The molecule has 0 aliphatic heterocycles. The van der Waals surface area contributed by atoms with Gasteiger partial charge in [-0.15, -0.1) is 0 Å². The fourth-order valence-corrected chi connectivity index (χ4v) is 1.24. The van der Waals surface area contributed by atoms with Crippen LogP contribution in [0.5, 0.6) is 0 Å². The van der Waals surface area contributed by atoms with E-state index in [2.05, 4.69) is 0 Å². The summed E-state index contributed by atoms with van der Waals surface area (Å²) < 4.78 is 19.1. The summed E-state index contributed by atoms with van der Waals surface area (Å²) in [4.78, 5) is 0.